The van der Waals surface area contributed by atoms with Crippen molar-refractivity contribution >= 4 is 17.6 Å². The van der Waals surface area contributed by atoms with Gasteiger partial charge in [-0.05, 0) is 26.1 Å². The monoisotopic (exact) mass is 221 g/mol. The molecular weight excluding hydrogens is 195 g/mol. The zero-order chi connectivity index (χ0) is 7.82. The summed E-state index contributed by atoms with van der Waals surface area (Å²) < 4.78 is 0. The Balaban J connectivity index is 0. The first-order valence-electron chi connectivity index (χ1n) is 4.57. The van der Waals surface area contributed by atoms with Crippen LogP contribution in [0.15, 0.2) is 0 Å². The van der Waals surface area contributed by atoms with Gasteiger partial charge in [0.25, 0.3) is 0 Å². The van der Waals surface area contributed by atoms with E-state index >= 15 is 0 Å². The molecule has 0 aliphatic heterocycles. The van der Waals surface area contributed by atoms with Gasteiger partial charge in [-0.3, -0.25) is 0 Å². The molecule has 0 saturated heterocycles. The van der Waals surface area contributed by atoms with Gasteiger partial charge in [0.2, 0.25) is 0 Å². The fourth-order valence-corrected chi connectivity index (χ4v) is 1.13. The molecule has 0 saturated carbocycles. The Morgan fingerprint density at radius 2 is 1.45 bits per heavy atom. The van der Waals surface area contributed by atoms with Crippen molar-refractivity contribution in [2.24, 2.45) is 0 Å². The van der Waals surface area contributed by atoms with Crippen LogP contribution in [0.25, 0.3) is 0 Å². The van der Waals surface area contributed by atoms with Crippen LogP contribution in [0.5, 0.6) is 0 Å². The minimum atomic E-state index is 0. The Morgan fingerprint density at radius 3 is 1.82 bits per heavy atom. The molecule has 0 bridgehead atoms. The van der Waals surface area contributed by atoms with Gasteiger partial charge < -0.3 is 4.90 Å². The number of rotatable bonds is 6. The average molecular weight is 220 g/mol. The van der Waals surface area contributed by atoms with Gasteiger partial charge in [0, 0.05) is 0 Å². The molecule has 0 aromatic carbocycles. The van der Waals surface area contributed by atoms with Gasteiger partial charge in [-0.2, -0.15) is 0 Å². The molecule has 0 amide bonds. The summed E-state index contributed by atoms with van der Waals surface area (Å²) in [7, 11) is 0. The van der Waals surface area contributed by atoms with Crippen molar-refractivity contribution in [3.05, 3.63) is 0 Å². The van der Waals surface area contributed by atoms with Crippen LogP contribution >= 0.6 is 0 Å². The maximum absolute atomic E-state index is 2.48. The van der Waals surface area contributed by atoms with E-state index in [4.69, 9.17) is 0 Å². The SMILES string of the molecule is CCCCCN(CC)CC.[GeH4]. The summed E-state index contributed by atoms with van der Waals surface area (Å²) in [5.74, 6) is 0. The van der Waals surface area contributed by atoms with E-state index < -0.39 is 0 Å². The molecule has 0 spiro atoms. The molecule has 0 unspecified atom stereocenters. The maximum atomic E-state index is 2.48. The summed E-state index contributed by atoms with van der Waals surface area (Å²) in [4.78, 5) is 2.48. The molecule has 0 aromatic rings. The van der Waals surface area contributed by atoms with Crippen LogP contribution in [0.3, 0.4) is 0 Å². The Bertz CT molecular complexity index is 62.6. The van der Waals surface area contributed by atoms with Gasteiger partial charge in [-0.25, -0.2) is 0 Å². The Labute approximate surface area is 82.5 Å². The molecule has 0 radical (unpaired) electrons. The molecule has 0 aliphatic carbocycles. The van der Waals surface area contributed by atoms with E-state index in [1.165, 1.54) is 38.9 Å². The summed E-state index contributed by atoms with van der Waals surface area (Å²) in [6.45, 7) is 10.4. The summed E-state index contributed by atoms with van der Waals surface area (Å²) in [5, 5.41) is 0. The Kier molecular flexibility index (Phi) is 13.4. The molecular formula is C9H25GeN. The summed E-state index contributed by atoms with van der Waals surface area (Å²) in [5.41, 5.74) is 0. The molecule has 0 rings (SSSR count). The third kappa shape index (κ3) is 8.41. The number of nitrogens with zero attached hydrogens (tertiary/aromatic N) is 1. The van der Waals surface area contributed by atoms with Crippen molar-refractivity contribution in [2.75, 3.05) is 19.6 Å². The van der Waals surface area contributed by atoms with E-state index in [-0.39, 0.29) is 17.6 Å². The number of hydrogen-bond acceptors (Lipinski definition) is 1. The molecule has 2 heteroatoms. The first kappa shape index (κ1) is 14.1. The van der Waals surface area contributed by atoms with Gasteiger partial charge in [-0.1, -0.05) is 33.6 Å². The van der Waals surface area contributed by atoms with Crippen molar-refractivity contribution in [2.45, 2.75) is 40.0 Å². The van der Waals surface area contributed by atoms with E-state index in [0.717, 1.165) is 0 Å². The first-order valence-corrected chi connectivity index (χ1v) is 4.57. The number of hydrogen-bond donors (Lipinski definition) is 0. The second kappa shape index (κ2) is 10.5. The van der Waals surface area contributed by atoms with E-state index in [1.54, 1.807) is 0 Å². The zero-order valence-corrected chi connectivity index (χ0v) is 7.69. The molecule has 0 heterocycles. The molecule has 0 N–H and O–H groups in total. The molecule has 70 valence electrons. The average Bonchev–Trinajstić information content (AvgIpc) is 1.99. The molecule has 0 fully saturated rings. The Morgan fingerprint density at radius 1 is 0.909 bits per heavy atom. The predicted molar refractivity (Wildman–Crippen MR) is 58.6 cm³/mol. The van der Waals surface area contributed by atoms with Crippen LogP contribution in [0.1, 0.15) is 40.0 Å². The van der Waals surface area contributed by atoms with Crippen LogP contribution in [-0.4, -0.2) is 42.1 Å². The number of unbranched alkanes of at least 4 members (excludes halogenated alkanes) is 2. The van der Waals surface area contributed by atoms with Crippen LogP contribution in [-0.2, 0) is 0 Å². The van der Waals surface area contributed by atoms with Gasteiger partial charge in [0.15, 0.2) is 0 Å². The standard InChI is InChI=1S/C9H21N.GeH4/c1-4-7-8-9-10(5-2)6-3;/h4-9H2,1-3H3;1H4. The summed E-state index contributed by atoms with van der Waals surface area (Å²) in [6, 6.07) is 0. The molecule has 11 heavy (non-hydrogen) atoms. The van der Waals surface area contributed by atoms with Gasteiger partial charge in [0.05, 0.1) is 0 Å². The van der Waals surface area contributed by atoms with Crippen LogP contribution in [0, 0.1) is 0 Å². The zero-order valence-electron chi connectivity index (χ0n) is 7.69. The van der Waals surface area contributed by atoms with Gasteiger partial charge in [0.1, 0.15) is 0 Å². The summed E-state index contributed by atoms with van der Waals surface area (Å²) in [6.07, 6.45) is 4.09. The quantitative estimate of drug-likeness (QED) is 0.477. The van der Waals surface area contributed by atoms with E-state index in [2.05, 4.69) is 25.7 Å². The van der Waals surface area contributed by atoms with E-state index in [9.17, 15) is 0 Å². The normalized spacial score (nSPS) is 9.82. The van der Waals surface area contributed by atoms with Crippen LogP contribution < -0.4 is 0 Å². The topological polar surface area (TPSA) is 3.24 Å². The van der Waals surface area contributed by atoms with Crippen LogP contribution in [0.4, 0.5) is 0 Å². The molecule has 0 aromatic heterocycles. The Hall–Kier alpha value is 0.503. The van der Waals surface area contributed by atoms with Crippen molar-refractivity contribution < 1.29 is 0 Å². The van der Waals surface area contributed by atoms with Gasteiger partial charge in [-0.15, -0.1) is 0 Å². The summed E-state index contributed by atoms with van der Waals surface area (Å²) >= 11 is 0. The second-order valence-corrected chi connectivity index (χ2v) is 2.73. The van der Waals surface area contributed by atoms with Gasteiger partial charge >= 0.3 is 17.6 Å². The fraction of sp³-hybridized carbons (Fsp3) is 1.00. The second-order valence-electron chi connectivity index (χ2n) is 2.73. The van der Waals surface area contributed by atoms with Crippen molar-refractivity contribution in [3.8, 4) is 0 Å². The minimum absolute atomic E-state index is 0. The fourth-order valence-electron chi connectivity index (χ4n) is 1.13. The van der Waals surface area contributed by atoms with E-state index in [1.807, 2.05) is 0 Å². The van der Waals surface area contributed by atoms with Crippen molar-refractivity contribution in [1.82, 2.24) is 4.90 Å². The predicted octanol–water partition coefficient (Wildman–Crippen LogP) is 1.07. The van der Waals surface area contributed by atoms with Crippen LogP contribution in [0.2, 0.25) is 0 Å². The molecule has 0 atom stereocenters. The molecule has 0 aliphatic rings. The molecule has 1 nitrogen and oxygen atoms in total. The van der Waals surface area contributed by atoms with Crippen molar-refractivity contribution in [1.29, 1.82) is 0 Å². The third-order valence-electron chi connectivity index (χ3n) is 1.97. The third-order valence-corrected chi connectivity index (χ3v) is 1.97. The first-order chi connectivity index (χ1) is 4.85. The van der Waals surface area contributed by atoms with Crippen molar-refractivity contribution in [3.63, 3.8) is 0 Å². The van der Waals surface area contributed by atoms with E-state index in [0.29, 0.717) is 0 Å².